The molecule has 2 heterocycles. The highest BCUT2D eigenvalue weighted by molar-refractivity contribution is 6.30. The van der Waals surface area contributed by atoms with Crippen LogP contribution in [0.1, 0.15) is 28.9 Å². The van der Waals surface area contributed by atoms with Gasteiger partial charge < -0.3 is 10.6 Å². The number of aliphatic imine (C=N–C) groups is 1. The molecule has 1 aliphatic heterocycles. The first-order chi connectivity index (χ1) is 14.9. The third kappa shape index (κ3) is 4.46. The number of carbonyl (C=O) groups is 1. The van der Waals surface area contributed by atoms with Gasteiger partial charge in [-0.05, 0) is 48.9 Å². The molecule has 156 valence electrons. The molecule has 1 unspecified atom stereocenters. The van der Waals surface area contributed by atoms with E-state index in [-0.39, 0.29) is 10.9 Å². The van der Waals surface area contributed by atoms with Crippen molar-refractivity contribution in [2.45, 2.75) is 13.0 Å². The van der Waals surface area contributed by atoms with Crippen LogP contribution >= 0.6 is 11.6 Å². The average Bonchev–Trinajstić information content (AvgIpc) is 3.19. The van der Waals surface area contributed by atoms with Crippen molar-refractivity contribution in [1.29, 1.82) is 0 Å². The second kappa shape index (κ2) is 8.65. The summed E-state index contributed by atoms with van der Waals surface area (Å²) in [6, 6.07) is 8.90. The predicted octanol–water partition coefficient (Wildman–Crippen LogP) is 4.85. The first kappa shape index (κ1) is 20.7. The lowest BCUT2D eigenvalue weighted by Gasteiger charge is -2.19. The van der Waals surface area contributed by atoms with E-state index in [9.17, 15) is 9.18 Å². The number of nitrogens with one attached hydrogen (secondary N) is 2. The summed E-state index contributed by atoms with van der Waals surface area (Å²) in [5, 5.41) is 6.81. The minimum absolute atomic E-state index is 0.00726. The van der Waals surface area contributed by atoms with Gasteiger partial charge in [0.25, 0.3) is 5.91 Å². The third-order valence-electron chi connectivity index (χ3n) is 4.75. The smallest absolute Gasteiger partial charge is 0.252 e. The van der Waals surface area contributed by atoms with Gasteiger partial charge in [0.15, 0.2) is 0 Å². The standard InChI is InChI=1S/C23H19ClFN5O/c1-3-26-23-27-12-16-6-5-15(11-20(16)29-23)22(31)30-21(19-9-4-13(2)28-19)14-7-8-17(24)18(25)10-14/h4-12,21H,2-3H2,1H3,(H,30,31)(H,26,27,29). The number of hydrogen-bond acceptors (Lipinski definition) is 5. The molecule has 1 amide bonds. The minimum atomic E-state index is -0.673. The number of benzene rings is 2. The molecule has 1 aliphatic rings. The van der Waals surface area contributed by atoms with E-state index in [0.29, 0.717) is 40.5 Å². The number of allylic oxidation sites excluding steroid dienone is 1. The van der Waals surface area contributed by atoms with Gasteiger partial charge in [0.05, 0.1) is 28.0 Å². The maximum Gasteiger partial charge on any atom is 0.252 e. The normalized spacial score (nSPS) is 13.9. The number of nitrogens with zero attached hydrogens (tertiary/aromatic N) is 3. The monoisotopic (exact) mass is 435 g/mol. The molecule has 1 aromatic heterocycles. The molecule has 0 aliphatic carbocycles. The lowest BCUT2D eigenvalue weighted by atomic mass is 10.0. The van der Waals surface area contributed by atoms with Gasteiger partial charge in [-0.25, -0.2) is 14.4 Å². The molecular formula is C23H19ClFN5O. The topological polar surface area (TPSA) is 79.3 Å². The van der Waals surface area contributed by atoms with E-state index < -0.39 is 11.9 Å². The summed E-state index contributed by atoms with van der Waals surface area (Å²) in [7, 11) is 0. The summed E-state index contributed by atoms with van der Waals surface area (Å²) in [4.78, 5) is 26.1. The molecule has 4 rings (SSSR count). The quantitative estimate of drug-likeness (QED) is 0.580. The van der Waals surface area contributed by atoms with E-state index in [1.807, 2.05) is 6.92 Å². The highest BCUT2D eigenvalue weighted by Gasteiger charge is 2.23. The van der Waals surface area contributed by atoms with E-state index in [1.54, 1.807) is 42.6 Å². The van der Waals surface area contributed by atoms with Gasteiger partial charge in [0.2, 0.25) is 5.95 Å². The van der Waals surface area contributed by atoms with E-state index >= 15 is 0 Å². The molecule has 0 fully saturated rings. The third-order valence-corrected chi connectivity index (χ3v) is 5.05. The molecule has 3 aromatic rings. The number of rotatable bonds is 6. The summed E-state index contributed by atoms with van der Waals surface area (Å²) >= 11 is 5.82. The Labute approximate surface area is 183 Å². The van der Waals surface area contributed by atoms with E-state index in [4.69, 9.17) is 11.6 Å². The van der Waals surface area contributed by atoms with Crippen molar-refractivity contribution < 1.29 is 9.18 Å². The molecule has 0 bridgehead atoms. The Morgan fingerprint density at radius 1 is 1.23 bits per heavy atom. The largest absolute Gasteiger partial charge is 0.354 e. The number of aromatic nitrogens is 2. The lowest BCUT2D eigenvalue weighted by Crippen LogP contribution is -2.33. The van der Waals surface area contributed by atoms with Crippen LogP contribution in [0.25, 0.3) is 10.9 Å². The van der Waals surface area contributed by atoms with Crippen LogP contribution in [0, 0.1) is 5.82 Å². The fourth-order valence-electron chi connectivity index (χ4n) is 3.22. The van der Waals surface area contributed by atoms with Crippen molar-refractivity contribution in [2.24, 2.45) is 4.99 Å². The molecule has 8 heteroatoms. The summed E-state index contributed by atoms with van der Waals surface area (Å²) in [6.07, 6.45) is 5.18. The van der Waals surface area contributed by atoms with Crippen LogP contribution in [0.2, 0.25) is 5.02 Å². The Hall–Kier alpha value is -3.58. The molecule has 0 radical (unpaired) electrons. The molecule has 0 spiro atoms. The number of amides is 1. The first-order valence-electron chi connectivity index (χ1n) is 9.66. The van der Waals surface area contributed by atoms with Crippen molar-refractivity contribution in [1.82, 2.24) is 15.3 Å². The highest BCUT2D eigenvalue weighted by Crippen LogP contribution is 2.25. The van der Waals surface area contributed by atoms with Crippen molar-refractivity contribution in [3.05, 3.63) is 89.0 Å². The number of fused-ring (bicyclic) bond motifs is 1. The molecule has 1 atom stereocenters. The molecule has 0 saturated carbocycles. The van der Waals surface area contributed by atoms with E-state index in [2.05, 4.69) is 32.2 Å². The van der Waals surface area contributed by atoms with Gasteiger partial charge in [0, 0.05) is 23.7 Å². The summed E-state index contributed by atoms with van der Waals surface area (Å²) in [5.41, 5.74) is 2.68. The first-order valence-corrected chi connectivity index (χ1v) is 10.0. The average molecular weight is 436 g/mol. The van der Waals surface area contributed by atoms with E-state index in [1.165, 1.54) is 12.1 Å². The Bertz CT molecular complexity index is 1250. The van der Waals surface area contributed by atoms with Crippen LogP contribution in [0.15, 0.2) is 72.0 Å². The van der Waals surface area contributed by atoms with Gasteiger partial charge in [-0.2, -0.15) is 0 Å². The Morgan fingerprint density at radius 3 is 2.77 bits per heavy atom. The fraction of sp³-hybridized carbons (Fsp3) is 0.130. The van der Waals surface area contributed by atoms with E-state index in [0.717, 1.165) is 5.39 Å². The zero-order valence-electron chi connectivity index (χ0n) is 16.7. The Balaban J connectivity index is 1.67. The van der Waals surface area contributed by atoms with Gasteiger partial charge in [-0.1, -0.05) is 30.3 Å². The molecular weight excluding hydrogens is 417 g/mol. The Kier molecular flexibility index (Phi) is 5.77. The van der Waals surface area contributed by atoms with Gasteiger partial charge in [-0.3, -0.25) is 9.79 Å². The second-order valence-corrected chi connectivity index (χ2v) is 7.35. The van der Waals surface area contributed by atoms with Crippen LogP contribution in [-0.2, 0) is 0 Å². The zero-order valence-corrected chi connectivity index (χ0v) is 17.4. The summed E-state index contributed by atoms with van der Waals surface area (Å²) in [5.74, 6) is -0.427. The SMILES string of the molecule is C=C1C=CC(C(NC(=O)c2ccc3cnc(NCC)nc3c2)c2ccc(Cl)c(F)c2)=N1. The van der Waals surface area contributed by atoms with Crippen molar-refractivity contribution in [3.8, 4) is 0 Å². The molecule has 6 nitrogen and oxygen atoms in total. The lowest BCUT2D eigenvalue weighted by molar-refractivity contribution is 0.0947. The van der Waals surface area contributed by atoms with Crippen LogP contribution in [0.5, 0.6) is 0 Å². The van der Waals surface area contributed by atoms with Crippen molar-refractivity contribution in [3.63, 3.8) is 0 Å². The van der Waals surface area contributed by atoms with Gasteiger partial charge in [0.1, 0.15) is 5.82 Å². The maximum absolute atomic E-state index is 14.1. The predicted molar refractivity (Wildman–Crippen MR) is 121 cm³/mol. The van der Waals surface area contributed by atoms with Crippen LogP contribution in [0.4, 0.5) is 10.3 Å². The fourth-order valence-corrected chi connectivity index (χ4v) is 3.34. The van der Waals surface area contributed by atoms with Crippen LogP contribution in [0.3, 0.4) is 0 Å². The Morgan fingerprint density at radius 2 is 2.06 bits per heavy atom. The second-order valence-electron chi connectivity index (χ2n) is 6.94. The molecule has 0 saturated heterocycles. The molecule has 2 N–H and O–H groups in total. The van der Waals surface area contributed by atoms with Crippen LogP contribution in [-0.4, -0.2) is 28.1 Å². The number of carbonyl (C=O) groups excluding carboxylic acids is 1. The number of halogens is 2. The number of anilines is 1. The van der Waals surface area contributed by atoms with Crippen LogP contribution < -0.4 is 10.6 Å². The van der Waals surface area contributed by atoms with Crippen molar-refractivity contribution in [2.75, 3.05) is 11.9 Å². The summed E-state index contributed by atoms with van der Waals surface area (Å²) < 4.78 is 14.1. The highest BCUT2D eigenvalue weighted by atomic mass is 35.5. The maximum atomic E-state index is 14.1. The molecule has 2 aromatic carbocycles. The van der Waals surface area contributed by atoms with Gasteiger partial charge >= 0.3 is 0 Å². The zero-order chi connectivity index (χ0) is 22.0. The van der Waals surface area contributed by atoms with Crippen molar-refractivity contribution >= 4 is 40.1 Å². The summed E-state index contributed by atoms with van der Waals surface area (Å²) in [6.45, 7) is 6.44. The number of hydrogen-bond donors (Lipinski definition) is 2. The van der Waals surface area contributed by atoms with Gasteiger partial charge in [-0.15, -0.1) is 0 Å². The minimum Gasteiger partial charge on any atom is -0.354 e. The molecule has 31 heavy (non-hydrogen) atoms.